The molecular weight excluding hydrogens is 282 g/mol. The van der Waals surface area contributed by atoms with Gasteiger partial charge in [0.1, 0.15) is 6.04 Å². The first-order valence-electron chi connectivity index (χ1n) is 7.31. The molecule has 6 nitrogen and oxygen atoms in total. The maximum absolute atomic E-state index is 12.0. The van der Waals surface area contributed by atoms with Crippen molar-refractivity contribution >= 4 is 22.7 Å². The van der Waals surface area contributed by atoms with E-state index in [1.807, 2.05) is 30.3 Å². The molecule has 1 atom stereocenters. The Kier molecular flexibility index (Phi) is 3.91. The van der Waals surface area contributed by atoms with Gasteiger partial charge in [-0.25, -0.2) is 0 Å². The molecule has 1 saturated heterocycles. The van der Waals surface area contributed by atoms with Crippen molar-refractivity contribution in [2.75, 3.05) is 6.54 Å². The molecule has 2 heterocycles. The predicted molar refractivity (Wildman–Crippen MR) is 82.4 cm³/mol. The van der Waals surface area contributed by atoms with Crippen molar-refractivity contribution in [2.24, 2.45) is 0 Å². The average Bonchev–Trinajstić information content (AvgIpc) is 2.94. The number of aromatic nitrogens is 1. The Labute approximate surface area is 126 Å². The van der Waals surface area contributed by atoms with Crippen LogP contribution in [-0.2, 0) is 16.0 Å². The predicted octanol–water partition coefficient (Wildman–Crippen LogP) is 0.465. The first-order valence-corrected chi connectivity index (χ1v) is 7.31. The second kappa shape index (κ2) is 6.01. The minimum atomic E-state index is -0.442. The molecular formula is C16H17N3O3. The van der Waals surface area contributed by atoms with E-state index in [1.54, 1.807) is 0 Å². The lowest BCUT2D eigenvalue weighted by Crippen LogP contribution is -2.42. The Balaban J connectivity index is 1.62. The van der Waals surface area contributed by atoms with Crippen molar-refractivity contribution in [1.29, 1.82) is 0 Å². The van der Waals surface area contributed by atoms with Gasteiger partial charge in [-0.1, -0.05) is 18.2 Å². The first kappa shape index (κ1) is 14.3. The number of H-pyrrole nitrogens is 1. The van der Waals surface area contributed by atoms with Crippen molar-refractivity contribution in [3.05, 3.63) is 46.2 Å². The zero-order valence-electron chi connectivity index (χ0n) is 12.0. The molecule has 1 aromatic heterocycles. The van der Waals surface area contributed by atoms with Crippen LogP contribution >= 0.6 is 0 Å². The Morgan fingerprint density at radius 2 is 2.09 bits per heavy atom. The van der Waals surface area contributed by atoms with E-state index >= 15 is 0 Å². The second-order valence-corrected chi connectivity index (χ2v) is 5.41. The third-order valence-corrected chi connectivity index (χ3v) is 3.84. The van der Waals surface area contributed by atoms with Crippen molar-refractivity contribution in [2.45, 2.75) is 25.3 Å². The van der Waals surface area contributed by atoms with Crippen molar-refractivity contribution in [1.82, 2.24) is 15.6 Å². The van der Waals surface area contributed by atoms with Crippen LogP contribution in [0.4, 0.5) is 0 Å². The van der Waals surface area contributed by atoms with Gasteiger partial charge < -0.3 is 15.6 Å². The van der Waals surface area contributed by atoms with E-state index in [0.29, 0.717) is 31.4 Å². The number of carbonyl (C=O) groups is 2. The highest BCUT2D eigenvalue weighted by Gasteiger charge is 2.26. The van der Waals surface area contributed by atoms with Crippen LogP contribution in [0.2, 0.25) is 0 Å². The van der Waals surface area contributed by atoms with E-state index in [2.05, 4.69) is 15.6 Å². The molecule has 0 bridgehead atoms. The molecule has 3 rings (SSSR count). The SMILES string of the molecule is O=C1CCC(C(=O)NCCc2cc3ccccc3[nH]c2=O)N1. The number of hydrogen-bond acceptors (Lipinski definition) is 3. The molecule has 114 valence electrons. The topological polar surface area (TPSA) is 91.1 Å². The molecule has 6 heteroatoms. The van der Waals surface area contributed by atoms with Gasteiger partial charge in [-0.3, -0.25) is 14.4 Å². The Hall–Kier alpha value is -2.63. The summed E-state index contributed by atoms with van der Waals surface area (Å²) in [4.78, 5) is 37.8. The van der Waals surface area contributed by atoms with Crippen molar-refractivity contribution in [3.63, 3.8) is 0 Å². The normalized spacial score (nSPS) is 17.5. The van der Waals surface area contributed by atoms with Crippen LogP contribution in [-0.4, -0.2) is 29.4 Å². The maximum Gasteiger partial charge on any atom is 0.251 e. The highest BCUT2D eigenvalue weighted by atomic mass is 16.2. The fourth-order valence-corrected chi connectivity index (χ4v) is 2.63. The average molecular weight is 299 g/mol. The molecule has 1 fully saturated rings. The molecule has 0 aliphatic carbocycles. The van der Waals surface area contributed by atoms with Gasteiger partial charge in [-0.15, -0.1) is 0 Å². The van der Waals surface area contributed by atoms with Gasteiger partial charge in [-0.2, -0.15) is 0 Å². The first-order chi connectivity index (χ1) is 10.6. The standard InChI is InChI=1S/C16H17N3O3/c20-14-6-5-13(18-14)16(22)17-8-7-11-9-10-3-1-2-4-12(10)19-15(11)21/h1-4,9,13H,5-8H2,(H,17,22)(H,18,20)(H,19,21). The Morgan fingerprint density at radius 1 is 1.27 bits per heavy atom. The number of carbonyl (C=O) groups excluding carboxylic acids is 2. The second-order valence-electron chi connectivity index (χ2n) is 5.41. The van der Waals surface area contributed by atoms with E-state index in [9.17, 15) is 14.4 Å². The highest BCUT2D eigenvalue weighted by molar-refractivity contribution is 5.90. The van der Waals surface area contributed by atoms with Gasteiger partial charge in [-0.05, 0) is 30.4 Å². The summed E-state index contributed by atoms with van der Waals surface area (Å²) < 4.78 is 0. The van der Waals surface area contributed by atoms with Crippen molar-refractivity contribution in [3.8, 4) is 0 Å². The summed E-state index contributed by atoms with van der Waals surface area (Å²) in [6.45, 7) is 0.368. The van der Waals surface area contributed by atoms with Gasteiger partial charge in [0.05, 0.1) is 0 Å². The summed E-state index contributed by atoms with van der Waals surface area (Å²) >= 11 is 0. The number of rotatable bonds is 4. The van der Waals surface area contributed by atoms with Crippen LogP contribution in [0.3, 0.4) is 0 Å². The van der Waals surface area contributed by atoms with E-state index in [0.717, 1.165) is 10.9 Å². The molecule has 2 aromatic rings. The third-order valence-electron chi connectivity index (χ3n) is 3.84. The number of amides is 2. The smallest absolute Gasteiger partial charge is 0.251 e. The molecule has 3 N–H and O–H groups in total. The zero-order chi connectivity index (χ0) is 15.5. The number of benzene rings is 1. The minimum Gasteiger partial charge on any atom is -0.354 e. The molecule has 1 aliphatic rings. The van der Waals surface area contributed by atoms with Crippen molar-refractivity contribution < 1.29 is 9.59 Å². The third kappa shape index (κ3) is 3.00. The minimum absolute atomic E-state index is 0.0916. The summed E-state index contributed by atoms with van der Waals surface area (Å²) in [6, 6.07) is 8.97. The Morgan fingerprint density at radius 3 is 2.86 bits per heavy atom. The molecule has 1 aliphatic heterocycles. The van der Waals surface area contributed by atoms with Gasteiger partial charge in [0.15, 0.2) is 0 Å². The zero-order valence-corrected chi connectivity index (χ0v) is 12.0. The fourth-order valence-electron chi connectivity index (χ4n) is 2.63. The number of nitrogens with one attached hydrogen (secondary N) is 3. The van der Waals surface area contributed by atoms with Gasteiger partial charge in [0.25, 0.3) is 5.56 Å². The maximum atomic E-state index is 12.0. The van der Waals surface area contributed by atoms with Crippen LogP contribution < -0.4 is 16.2 Å². The lowest BCUT2D eigenvalue weighted by atomic mass is 10.1. The number of hydrogen-bond donors (Lipinski definition) is 3. The fraction of sp³-hybridized carbons (Fsp3) is 0.312. The van der Waals surface area contributed by atoms with Crippen LogP contribution in [0.15, 0.2) is 35.1 Å². The molecule has 0 radical (unpaired) electrons. The summed E-state index contributed by atoms with van der Waals surface area (Å²) in [5, 5.41) is 6.35. The molecule has 0 spiro atoms. The van der Waals surface area contributed by atoms with E-state index < -0.39 is 6.04 Å². The summed E-state index contributed by atoms with van der Waals surface area (Å²) in [7, 11) is 0. The van der Waals surface area contributed by atoms with Crippen LogP contribution in [0, 0.1) is 0 Å². The van der Waals surface area contributed by atoms with Crippen LogP contribution in [0.1, 0.15) is 18.4 Å². The van der Waals surface area contributed by atoms with Gasteiger partial charge in [0, 0.05) is 24.0 Å². The quantitative estimate of drug-likeness (QED) is 0.766. The lowest BCUT2D eigenvalue weighted by Gasteiger charge is -2.10. The Bertz CT molecular complexity index is 782. The lowest BCUT2D eigenvalue weighted by molar-refractivity contribution is -0.125. The van der Waals surface area contributed by atoms with Crippen LogP contribution in [0.5, 0.6) is 0 Å². The monoisotopic (exact) mass is 299 g/mol. The number of para-hydroxylation sites is 1. The molecule has 22 heavy (non-hydrogen) atoms. The molecule has 1 unspecified atom stereocenters. The number of fused-ring (bicyclic) bond motifs is 1. The summed E-state index contributed by atoms with van der Waals surface area (Å²) in [5.74, 6) is -0.283. The number of pyridine rings is 1. The van der Waals surface area contributed by atoms with E-state index in [4.69, 9.17) is 0 Å². The summed E-state index contributed by atoms with van der Waals surface area (Å²) in [6.07, 6.45) is 1.37. The molecule has 1 aromatic carbocycles. The number of aromatic amines is 1. The summed E-state index contributed by atoms with van der Waals surface area (Å²) in [5.41, 5.74) is 1.30. The van der Waals surface area contributed by atoms with Gasteiger partial charge in [0.2, 0.25) is 11.8 Å². The highest BCUT2D eigenvalue weighted by Crippen LogP contribution is 2.10. The molecule has 0 saturated carbocycles. The van der Waals surface area contributed by atoms with Crippen LogP contribution in [0.25, 0.3) is 10.9 Å². The van der Waals surface area contributed by atoms with E-state index in [-0.39, 0.29) is 17.4 Å². The van der Waals surface area contributed by atoms with Gasteiger partial charge >= 0.3 is 0 Å². The largest absolute Gasteiger partial charge is 0.354 e. The van der Waals surface area contributed by atoms with E-state index in [1.165, 1.54) is 0 Å². The molecule has 2 amide bonds.